The molecule has 0 unspecified atom stereocenters. The summed E-state index contributed by atoms with van der Waals surface area (Å²) < 4.78 is 12.9. The molecule has 1 aromatic rings. The standard InChI is InChI=1S/C12H16FN3O2/c1-12(2,11(14)18)15-7-10(17)16-9-5-3-4-8(13)6-9/h3-6,15H,7H2,1-2H3,(H2,14,18)(H,16,17). The second kappa shape index (κ2) is 5.59. The SMILES string of the molecule is CC(C)(NCC(=O)Nc1cccc(F)c1)C(N)=O. The number of benzene rings is 1. The van der Waals surface area contributed by atoms with E-state index >= 15 is 0 Å². The fourth-order valence-corrected chi connectivity index (χ4v) is 1.16. The molecule has 18 heavy (non-hydrogen) atoms. The molecule has 0 atom stereocenters. The van der Waals surface area contributed by atoms with Crippen LogP contribution in [0, 0.1) is 5.82 Å². The molecule has 0 aromatic heterocycles. The van der Waals surface area contributed by atoms with Gasteiger partial charge >= 0.3 is 0 Å². The van der Waals surface area contributed by atoms with E-state index in [2.05, 4.69) is 10.6 Å². The molecular formula is C12H16FN3O2. The maximum atomic E-state index is 12.9. The zero-order chi connectivity index (χ0) is 13.8. The van der Waals surface area contributed by atoms with E-state index in [-0.39, 0.29) is 12.5 Å². The van der Waals surface area contributed by atoms with E-state index in [4.69, 9.17) is 5.73 Å². The molecule has 0 aliphatic carbocycles. The van der Waals surface area contributed by atoms with Gasteiger partial charge in [-0.3, -0.25) is 14.9 Å². The summed E-state index contributed by atoms with van der Waals surface area (Å²) in [6.45, 7) is 3.06. The molecule has 0 aliphatic rings. The predicted octanol–water partition coefficient (Wildman–Crippen LogP) is 0.618. The van der Waals surface area contributed by atoms with Gasteiger partial charge in [0.1, 0.15) is 5.82 Å². The molecule has 4 N–H and O–H groups in total. The van der Waals surface area contributed by atoms with Crippen molar-refractivity contribution in [3.63, 3.8) is 0 Å². The van der Waals surface area contributed by atoms with E-state index in [1.165, 1.54) is 18.2 Å². The van der Waals surface area contributed by atoms with Gasteiger partial charge in [0.25, 0.3) is 0 Å². The van der Waals surface area contributed by atoms with Crippen LogP contribution in [0.25, 0.3) is 0 Å². The minimum Gasteiger partial charge on any atom is -0.368 e. The van der Waals surface area contributed by atoms with Crippen molar-refractivity contribution in [2.24, 2.45) is 5.73 Å². The number of hydrogen-bond acceptors (Lipinski definition) is 3. The summed E-state index contributed by atoms with van der Waals surface area (Å²) in [6.07, 6.45) is 0. The second-order valence-electron chi connectivity index (χ2n) is 4.40. The summed E-state index contributed by atoms with van der Waals surface area (Å²) in [6, 6.07) is 5.55. The number of amides is 2. The highest BCUT2D eigenvalue weighted by atomic mass is 19.1. The average Bonchev–Trinajstić information content (AvgIpc) is 2.26. The predicted molar refractivity (Wildman–Crippen MR) is 66.3 cm³/mol. The molecule has 1 rings (SSSR count). The van der Waals surface area contributed by atoms with E-state index in [1.807, 2.05) is 0 Å². The maximum absolute atomic E-state index is 12.9. The molecule has 0 fully saturated rings. The Kier molecular flexibility index (Phi) is 4.38. The molecule has 0 aliphatic heterocycles. The number of primary amides is 1. The number of nitrogens with two attached hydrogens (primary N) is 1. The van der Waals surface area contributed by atoms with Gasteiger partial charge in [0, 0.05) is 5.69 Å². The van der Waals surface area contributed by atoms with Crippen molar-refractivity contribution in [3.05, 3.63) is 30.1 Å². The molecule has 0 spiro atoms. The van der Waals surface area contributed by atoms with Crippen LogP contribution < -0.4 is 16.4 Å². The lowest BCUT2D eigenvalue weighted by Crippen LogP contribution is -2.52. The number of carbonyl (C=O) groups is 2. The summed E-state index contributed by atoms with van der Waals surface area (Å²) in [5.41, 5.74) is 4.53. The summed E-state index contributed by atoms with van der Waals surface area (Å²) in [4.78, 5) is 22.6. The van der Waals surface area contributed by atoms with Crippen LogP contribution >= 0.6 is 0 Å². The smallest absolute Gasteiger partial charge is 0.238 e. The van der Waals surface area contributed by atoms with Crippen molar-refractivity contribution in [1.29, 1.82) is 0 Å². The third-order valence-corrected chi connectivity index (χ3v) is 2.42. The van der Waals surface area contributed by atoms with Gasteiger partial charge in [-0.15, -0.1) is 0 Å². The van der Waals surface area contributed by atoms with E-state index < -0.39 is 17.3 Å². The highest BCUT2D eigenvalue weighted by molar-refractivity contribution is 5.93. The van der Waals surface area contributed by atoms with Crippen LogP contribution in [0.4, 0.5) is 10.1 Å². The first-order chi connectivity index (χ1) is 8.31. The van der Waals surface area contributed by atoms with Gasteiger partial charge in [-0.05, 0) is 32.0 Å². The fraction of sp³-hybridized carbons (Fsp3) is 0.333. The highest BCUT2D eigenvalue weighted by Crippen LogP contribution is 2.08. The Bertz CT molecular complexity index is 460. The zero-order valence-electron chi connectivity index (χ0n) is 10.3. The van der Waals surface area contributed by atoms with Crippen molar-refractivity contribution in [1.82, 2.24) is 5.32 Å². The Morgan fingerprint density at radius 2 is 2.06 bits per heavy atom. The van der Waals surface area contributed by atoms with Gasteiger partial charge in [-0.25, -0.2) is 4.39 Å². The van der Waals surface area contributed by atoms with Gasteiger partial charge in [-0.2, -0.15) is 0 Å². The maximum Gasteiger partial charge on any atom is 0.238 e. The van der Waals surface area contributed by atoms with Gasteiger partial charge < -0.3 is 11.1 Å². The second-order valence-corrected chi connectivity index (χ2v) is 4.40. The molecule has 0 saturated heterocycles. The number of hydrogen-bond donors (Lipinski definition) is 3. The fourth-order valence-electron chi connectivity index (χ4n) is 1.16. The van der Waals surface area contributed by atoms with Crippen LogP contribution in [0.15, 0.2) is 24.3 Å². The molecule has 98 valence electrons. The molecule has 2 amide bonds. The van der Waals surface area contributed by atoms with Crippen molar-refractivity contribution < 1.29 is 14.0 Å². The van der Waals surface area contributed by atoms with Crippen molar-refractivity contribution in [2.75, 3.05) is 11.9 Å². The molecule has 0 heterocycles. The van der Waals surface area contributed by atoms with Gasteiger partial charge in [0.05, 0.1) is 12.1 Å². The van der Waals surface area contributed by atoms with Gasteiger partial charge in [0.15, 0.2) is 0 Å². The highest BCUT2D eigenvalue weighted by Gasteiger charge is 2.24. The summed E-state index contributed by atoms with van der Waals surface area (Å²) in [5.74, 6) is -1.37. The van der Waals surface area contributed by atoms with Gasteiger partial charge in [-0.1, -0.05) is 6.07 Å². The van der Waals surface area contributed by atoms with E-state index in [0.29, 0.717) is 5.69 Å². The zero-order valence-corrected chi connectivity index (χ0v) is 10.3. The average molecular weight is 253 g/mol. The number of rotatable bonds is 5. The number of carbonyl (C=O) groups excluding carboxylic acids is 2. The van der Waals surface area contributed by atoms with E-state index in [0.717, 1.165) is 0 Å². The molecule has 6 heteroatoms. The van der Waals surface area contributed by atoms with Crippen LogP contribution in [0.5, 0.6) is 0 Å². The molecule has 5 nitrogen and oxygen atoms in total. The number of halogens is 1. The monoisotopic (exact) mass is 253 g/mol. The molecule has 0 bridgehead atoms. The van der Waals surface area contributed by atoms with Crippen LogP contribution in [0.1, 0.15) is 13.8 Å². The third-order valence-electron chi connectivity index (χ3n) is 2.42. The Labute approximate surface area is 105 Å². The minimum absolute atomic E-state index is 0.0908. The lowest BCUT2D eigenvalue weighted by Gasteiger charge is -2.21. The van der Waals surface area contributed by atoms with E-state index in [9.17, 15) is 14.0 Å². The van der Waals surface area contributed by atoms with E-state index in [1.54, 1.807) is 19.9 Å². The Morgan fingerprint density at radius 3 is 2.61 bits per heavy atom. The van der Waals surface area contributed by atoms with Crippen molar-refractivity contribution in [3.8, 4) is 0 Å². The summed E-state index contributed by atoms with van der Waals surface area (Å²) >= 11 is 0. The Balaban J connectivity index is 2.50. The Morgan fingerprint density at radius 1 is 1.39 bits per heavy atom. The summed E-state index contributed by atoms with van der Waals surface area (Å²) in [7, 11) is 0. The minimum atomic E-state index is -0.973. The molecular weight excluding hydrogens is 237 g/mol. The number of nitrogens with one attached hydrogen (secondary N) is 2. The number of anilines is 1. The quantitative estimate of drug-likeness (QED) is 0.719. The van der Waals surface area contributed by atoms with Crippen LogP contribution in [0.2, 0.25) is 0 Å². The van der Waals surface area contributed by atoms with Crippen LogP contribution in [-0.2, 0) is 9.59 Å². The van der Waals surface area contributed by atoms with Crippen LogP contribution in [-0.4, -0.2) is 23.9 Å². The third kappa shape index (κ3) is 4.14. The summed E-state index contributed by atoms with van der Waals surface area (Å²) in [5, 5.41) is 5.21. The molecule has 1 aromatic carbocycles. The van der Waals surface area contributed by atoms with Crippen LogP contribution in [0.3, 0.4) is 0 Å². The normalized spacial score (nSPS) is 11.1. The van der Waals surface area contributed by atoms with Crippen molar-refractivity contribution >= 4 is 17.5 Å². The topological polar surface area (TPSA) is 84.2 Å². The van der Waals surface area contributed by atoms with Crippen molar-refractivity contribution in [2.45, 2.75) is 19.4 Å². The molecule has 0 saturated carbocycles. The largest absolute Gasteiger partial charge is 0.368 e. The lowest BCUT2D eigenvalue weighted by atomic mass is 10.1. The first-order valence-corrected chi connectivity index (χ1v) is 5.41. The van der Waals surface area contributed by atoms with Gasteiger partial charge in [0.2, 0.25) is 11.8 Å². The molecule has 0 radical (unpaired) electrons. The Hall–Kier alpha value is -1.95. The lowest BCUT2D eigenvalue weighted by molar-refractivity contribution is -0.123. The first kappa shape index (κ1) is 14.1. The first-order valence-electron chi connectivity index (χ1n) is 5.41.